The summed E-state index contributed by atoms with van der Waals surface area (Å²) in [7, 11) is -3.83. The van der Waals surface area contributed by atoms with Gasteiger partial charge in [-0.3, -0.25) is 0 Å². The molecule has 1 N–H and O–H groups in total. The number of sulfonamides is 1. The Balaban J connectivity index is 3.09. The molecule has 0 atom stereocenters. The van der Waals surface area contributed by atoms with Gasteiger partial charge in [-0.05, 0) is 30.7 Å². The van der Waals surface area contributed by atoms with Gasteiger partial charge in [0.25, 0.3) is 0 Å². The van der Waals surface area contributed by atoms with Crippen LogP contribution in [0.2, 0.25) is 0 Å². The molecular formula is C15H23FN2O2S. The highest BCUT2D eigenvalue weighted by molar-refractivity contribution is 7.89. The van der Waals surface area contributed by atoms with E-state index in [0.717, 1.165) is 12.1 Å². The van der Waals surface area contributed by atoms with E-state index in [-0.39, 0.29) is 11.4 Å². The van der Waals surface area contributed by atoms with Crippen molar-refractivity contribution in [3.63, 3.8) is 0 Å². The van der Waals surface area contributed by atoms with E-state index < -0.39 is 15.8 Å². The summed E-state index contributed by atoms with van der Waals surface area (Å²) >= 11 is 0. The summed E-state index contributed by atoms with van der Waals surface area (Å²) in [6.45, 7) is 9.18. The molecule has 0 fully saturated rings. The SMILES string of the molecule is C=CCN(CCC)S(=O)(=O)c1ccc(CNCC)cc1F. The Morgan fingerprint density at radius 2 is 2.10 bits per heavy atom. The van der Waals surface area contributed by atoms with E-state index in [4.69, 9.17) is 0 Å². The van der Waals surface area contributed by atoms with Crippen LogP contribution in [0.25, 0.3) is 0 Å². The van der Waals surface area contributed by atoms with Crippen molar-refractivity contribution in [3.8, 4) is 0 Å². The van der Waals surface area contributed by atoms with Gasteiger partial charge in [0.05, 0.1) is 0 Å². The zero-order valence-corrected chi connectivity index (χ0v) is 13.4. The van der Waals surface area contributed by atoms with Gasteiger partial charge in [0.1, 0.15) is 10.7 Å². The number of benzene rings is 1. The first-order valence-corrected chi connectivity index (χ1v) is 8.51. The van der Waals surface area contributed by atoms with Crippen LogP contribution >= 0.6 is 0 Å². The number of halogens is 1. The van der Waals surface area contributed by atoms with Crippen LogP contribution in [0.3, 0.4) is 0 Å². The number of hydrogen-bond donors (Lipinski definition) is 1. The second-order valence-electron chi connectivity index (χ2n) is 4.70. The van der Waals surface area contributed by atoms with Crippen molar-refractivity contribution in [2.24, 2.45) is 0 Å². The van der Waals surface area contributed by atoms with E-state index in [1.54, 1.807) is 6.07 Å². The van der Waals surface area contributed by atoms with Crippen molar-refractivity contribution in [1.29, 1.82) is 0 Å². The topological polar surface area (TPSA) is 49.4 Å². The van der Waals surface area contributed by atoms with Crippen LogP contribution < -0.4 is 5.32 Å². The molecule has 0 saturated heterocycles. The quantitative estimate of drug-likeness (QED) is 0.713. The average molecular weight is 314 g/mol. The minimum atomic E-state index is -3.83. The van der Waals surface area contributed by atoms with Crippen LogP contribution in [0.1, 0.15) is 25.8 Å². The summed E-state index contributed by atoms with van der Waals surface area (Å²) < 4.78 is 40.4. The molecule has 0 unspecified atom stereocenters. The molecule has 1 aromatic rings. The van der Waals surface area contributed by atoms with Crippen molar-refractivity contribution >= 4 is 10.0 Å². The number of rotatable bonds is 9. The lowest BCUT2D eigenvalue weighted by Gasteiger charge is -2.20. The molecular weight excluding hydrogens is 291 g/mol. The van der Waals surface area contributed by atoms with Gasteiger partial charge in [0.2, 0.25) is 10.0 Å². The molecule has 0 aromatic heterocycles. The molecule has 0 aliphatic heterocycles. The highest BCUT2D eigenvalue weighted by atomic mass is 32.2. The molecule has 0 aliphatic carbocycles. The molecule has 0 radical (unpaired) electrons. The molecule has 0 bridgehead atoms. The third-order valence-electron chi connectivity index (χ3n) is 3.00. The van der Waals surface area contributed by atoms with Gasteiger partial charge in [0.15, 0.2) is 0 Å². The fourth-order valence-corrected chi connectivity index (χ4v) is 3.52. The van der Waals surface area contributed by atoms with Crippen LogP contribution in [-0.2, 0) is 16.6 Å². The van der Waals surface area contributed by atoms with Crippen molar-refractivity contribution in [1.82, 2.24) is 9.62 Å². The molecule has 118 valence electrons. The summed E-state index contributed by atoms with van der Waals surface area (Å²) in [5.41, 5.74) is 0.721. The summed E-state index contributed by atoms with van der Waals surface area (Å²) in [4.78, 5) is -0.280. The number of nitrogens with one attached hydrogen (secondary N) is 1. The highest BCUT2D eigenvalue weighted by Crippen LogP contribution is 2.21. The molecule has 0 spiro atoms. The molecule has 1 aromatic carbocycles. The van der Waals surface area contributed by atoms with Crippen LogP contribution in [0.5, 0.6) is 0 Å². The van der Waals surface area contributed by atoms with E-state index in [9.17, 15) is 12.8 Å². The lowest BCUT2D eigenvalue weighted by molar-refractivity contribution is 0.436. The van der Waals surface area contributed by atoms with Gasteiger partial charge >= 0.3 is 0 Å². The van der Waals surface area contributed by atoms with Gasteiger partial charge in [-0.1, -0.05) is 26.0 Å². The van der Waals surface area contributed by atoms with Gasteiger partial charge in [-0.15, -0.1) is 6.58 Å². The molecule has 0 aliphatic rings. The highest BCUT2D eigenvalue weighted by Gasteiger charge is 2.26. The summed E-state index contributed by atoms with van der Waals surface area (Å²) in [6.07, 6.45) is 2.16. The molecule has 6 heteroatoms. The van der Waals surface area contributed by atoms with E-state index in [0.29, 0.717) is 19.5 Å². The third kappa shape index (κ3) is 4.62. The molecule has 4 nitrogen and oxygen atoms in total. The largest absolute Gasteiger partial charge is 0.313 e. The third-order valence-corrected chi connectivity index (χ3v) is 4.90. The zero-order chi connectivity index (χ0) is 15.9. The Morgan fingerprint density at radius 3 is 2.62 bits per heavy atom. The Labute approximate surface area is 126 Å². The second kappa shape index (κ2) is 8.26. The van der Waals surface area contributed by atoms with E-state index in [1.807, 2.05) is 13.8 Å². The maximum atomic E-state index is 14.2. The van der Waals surface area contributed by atoms with E-state index in [2.05, 4.69) is 11.9 Å². The van der Waals surface area contributed by atoms with Crippen LogP contribution in [0.15, 0.2) is 35.7 Å². The molecule has 21 heavy (non-hydrogen) atoms. The van der Waals surface area contributed by atoms with Gasteiger partial charge in [-0.2, -0.15) is 4.31 Å². The fraction of sp³-hybridized carbons (Fsp3) is 0.467. The summed E-state index contributed by atoms with van der Waals surface area (Å²) in [6, 6.07) is 4.24. The summed E-state index contributed by atoms with van der Waals surface area (Å²) in [5.74, 6) is -0.712. The standard InChI is InChI=1S/C15H23FN2O2S/c1-4-9-18(10-5-2)21(19,20)15-8-7-13(11-14(15)16)12-17-6-3/h4,7-8,11,17H,1,5-6,9-10,12H2,2-3H3. The molecule has 0 amide bonds. The molecule has 1 rings (SSSR count). The smallest absolute Gasteiger partial charge is 0.246 e. The molecule has 0 saturated carbocycles. The normalized spacial score (nSPS) is 11.8. The van der Waals surface area contributed by atoms with E-state index >= 15 is 0 Å². The van der Waals surface area contributed by atoms with Crippen LogP contribution in [0, 0.1) is 5.82 Å². The molecule has 0 heterocycles. The predicted octanol–water partition coefficient (Wildman–Crippen LogP) is 2.52. The lowest BCUT2D eigenvalue weighted by atomic mass is 10.2. The van der Waals surface area contributed by atoms with Crippen molar-refractivity contribution in [2.75, 3.05) is 19.6 Å². The number of nitrogens with zero attached hydrogens (tertiary/aromatic N) is 1. The maximum Gasteiger partial charge on any atom is 0.246 e. The van der Waals surface area contributed by atoms with Gasteiger partial charge < -0.3 is 5.32 Å². The van der Waals surface area contributed by atoms with Crippen molar-refractivity contribution in [2.45, 2.75) is 31.7 Å². The Kier molecular flexibility index (Phi) is 7.01. The predicted molar refractivity (Wildman–Crippen MR) is 83.0 cm³/mol. The first-order valence-electron chi connectivity index (χ1n) is 7.07. The Morgan fingerprint density at radius 1 is 1.38 bits per heavy atom. The lowest BCUT2D eigenvalue weighted by Crippen LogP contribution is -2.32. The second-order valence-corrected chi connectivity index (χ2v) is 6.60. The summed E-state index contributed by atoms with van der Waals surface area (Å²) in [5, 5.41) is 3.07. The first-order chi connectivity index (χ1) is 9.97. The van der Waals surface area contributed by atoms with Crippen molar-refractivity contribution < 1.29 is 12.8 Å². The van der Waals surface area contributed by atoms with Gasteiger partial charge in [-0.25, -0.2) is 12.8 Å². The average Bonchev–Trinajstić information content (AvgIpc) is 2.44. The monoisotopic (exact) mass is 314 g/mol. The first kappa shape index (κ1) is 17.8. The number of hydrogen-bond acceptors (Lipinski definition) is 3. The maximum absolute atomic E-state index is 14.2. The van der Waals surface area contributed by atoms with Crippen LogP contribution in [0.4, 0.5) is 4.39 Å². The fourth-order valence-electron chi connectivity index (χ4n) is 1.97. The van der Waals surface area contributed by atoms with Gasteiger partial charge in [0, 0.05) is 19.6 Å². The zero-order valence-electron chi connectivity index (χ0n) is 12.6. The Bertz CT molecular complexity index is 573. The van der Waals surface area contributed by atoms with Crippen LogP contribution in [-0.4, -0.2) is 32.4 Å². The minimum absolute atomic E-state index is 0.175. The minimum Gasteiger partial charge on any atom is -0.313 e. The van der Waals surface area contributed by atoms with Crippen molar-refractivity contribution in [3.05, 3.63) is 42.2 Å². The van der Waals surface area contributed by atoms with E-state index in [1.165, 1.54) is 22.5 Å². The Hall–Kier alpha value is -1.24.